The number of nitrogens with zero attached hydrogens (tertiary/aromatic N) is 4. The molecule has 0 atom stereocenters. The van der Waals surface area contributed by atoms with Crippen LogP contribution in [-0.2, 0) is 11.5 Å². The zero-order valence-corrected chi connectivity index (χ0v) is 18.2. The molecule has 0 spiro atoms. The Kier molecular flexibility index (Phi) is 6.33. The van der Waals surface area contributed by atoms with Crippen LogP contribution < -0.4 is 4.74 Å². The lowest BCUT2D eigenvalue weighted by molar-refractivity contribution is -0.385. The van der Waals surface area contributed by atoms with Crippen molar-refractivity contribution < 1.29 is 23.2 Å². The average molecular weight is 446 g/mol. The summed E-state index contributed by atoms with van der Waals surface area (Å²) < 4.78 is 41.3. The van der Waals surface area contributed by atoms with Crippen molar-refractivity contribution in [3.8, 4) is 17.6 Å². The van der Waals surface area contributed by atoms with Gasteiger partial charge in [-0.1, -0.05) is 19.6 Å². The molecular formula is C20H20F2N4O4Si. The SMILES string of the molecule is C[Si](C)(C)CCOCn1cc(C#N)c2c(Oc3c(F)cc([N+](=O)[O-])cc3F)ccnc21. The van der Waals surface area contributed by atoms with Crippen LogP contribution in [0.2, 0.25) is 25.7 Å². The van der Waals surface area contributed by atoms with E-state index in [0.717, 1.165) is 6.04 Å². The van der Waals surface area contributed by atoms with E-state index in [1.54, 1.807) is 4.57 Å². The quantitative estimate of drug-likeness (QED) is 0.204. The molecule has 0 aliphatic carbocycles. The van der Waals surface area contributed by atoms with Crippen molar-refractivity contribution in [2.24, 2.45) is 0 Å². The number of hydrogen-bond acceptors (Lipinski definition) is 6. The van der Waals surface area contributed by atoms with E-state index in [2.05, 4.69) is 24.6 Å². The Hall–Kier alpha value is -3.36. The van der Waals surface area contributed by atoms with Gasteiger partial charge in [0.15, 0.2) is 17.4 Å². The maximum absolute atomic E-state index is 14.3. The molecule has 0 saturated carbocycles. The van der Waals surface area contributed by atoms with Crippen molar-refractivity contribution in [2.45, 2.75) is 32.4 Å². The standard InChI is InChI=1S/C20H20F2N4O4Si/c1-31(2,3)7-6-29-12-25-11-13(10-23)18-17(4-5-24-20(18)25)30-19-15(21)8-14(26(27)28)9-16(19)22/h4-5,8-9,11H,6-7,12H2,1-3H3. The minimum atomic E-state index is -1.26. The molecule has 8 nitrogen and oxygen atoms in total. The molecule has 11 heteroatoms. The molecule has 31 heavy (non-hydrogen) atoms. The van der Waals surface area contributed by atoms with Gasteiger partial charge >= 0.3 is 0 Å². The first-order chi connectivity index (χ1) is 14.6. The molecule has 3 aromatic rings. The Balaban J connectivity index is 1.94. The maximum atomic E-state index is 14.3. The predicted octanol–water partition coefficient (Wildman–Crippen LogP) is 5.20. The van der Waals surface area contributed by atoms with E-state index in [-0.39, 0.29) is 23.4 Å². The van der Waals surface area contributed by atoms with Crippen LogP contribution in [-0.4, -0.2) is 29.2 Å². The summed E-state index contributed by atoms with van der Waals surface area (Å²) in [6.07, 6.45) is 2.90. The fourth-order valence-electron chi connectivity index (χ4n) is 2.85. The van der Waals surface area contributed by atoms with Crippen LogP contribution in [0.3, 0.4) is 0 Å². The normalized spacial score (nSPS) is 11.5. The maximum Gasteiger partial charge on any atom is 0.275 e. The Morgan fingerprint density at radius 1 is 1.29 bits per heavy atom. The highest BCUT2D eigenvalue weighted by Crippen LogP contribution is 2.36. The van der Waals surface area contributed by atoms with Gasteiger partial charge in [-0.2, -0.15) is 5.26 Å². The summed E-state index contributed by atoms with van der Waals surface area (Å²) in [6.45, 7) is 7.41. The second-order valence-electron chi connectivity index (χ2n) is 8.08. The number of nitriles is 1. The van der Waals surface area contributed by atoms with Crippen molar-refractivity contribution in [2.75, 3.05) is 6.61 Å². The molecule has 0 unspecified atom stereocenters. The van der Waals surface area contributed by atoms with Gasteiger partial charge in [-0.05, 0) is 12.1 Å². The molecule has 0 N–H and O–H groups in total. The number of ether oxygens (including phenoxy) is 2. The van der Waals surface area contributed by atoms with Crippen molar-refractivity contribution in [1.82, 2.24) is 9.55 Å². The van der Waals surface area contributed by atoms with Crippen LogP contribution in [0.1, 0.15) is 5.56 Å². The number of benzene rings is 1. The molecule has 3 rings (SSSR count). The van der Waals surface area contributed by atoms with Gasteiger partial charge in [0.1, 0.15) is 24.2 Å². The number of pyridine rings is 1. The third-order valence-corrected chi connectivity index (χ3v) is 6.18. The van der Waals surface area contributed by atoms with Gasteiger partial charge in [0, 0.05) is 27.1 Å². The molecule has 0 aliphatic heterocycles. The van der Waals surface area contributed by atoms with E-state index in [9.17, 15) is 24.2 Å². The van der Waals surface area contributed by atoms with E-state index < -0.39 is 36.1 Å². The summed E-state index contributed by atoms with van der Waals surface area (Å²) in [4.78, 5) is 14.1. The number of halogens is 2. The Morgan fingerprint density at radius 3 is 2.55 bits per heavy atom. The van der Waals surface area contributed by atoms with E-state index in [1.807, 2.05) is 6.07 Å². The molecule has 0 bridgehead atoms. The number of rotatable bonds is 8. The summed E-state index contributed by atoms with van der Waals surface area (Å²) in [7, 11) is -1.26. The third kappa shape index (κ3) is 5.04. The molecule has 0 aliphatic rings. The van der Waals surface area contributed by atoms with Crippen molar-refractivity contribution in [3.05, 3.63) is 57.9 Å². The number of hydrogen-bond donors (Lipinski definition) is 0. The second kappa shape index (κ2) is 8.79. The number of nitro benzene ring substituents is 1. The molecule has 1 aromatic carbocycles. The molecule has 0 fully saturated rings. The Morgan fingerprint density at radius 2 is 1.97 bits per heavy atom. The highest BCUT2D eigenvalue weighted by molar-refractivity contribution is 6.76. The lowest BCUT2D eigenvalue weighted by Gasteiger charge is -2.15. The first-order valence-electron chi connectivity index (χ1n) is 9.37. The molecule has 0 radical (unpaired) electrons. The second-order valence-corrected chi connectivity index (χ2v) is 13.7. The number of non-ortho nitro benzene ring substituents is 1. The molecule has 2 aromatic heterocycles. The zero-order valence-electron chi connectivity index (χ0n) is 17.2. The Labute approximate surface area is 177 Å². The van der Waals surface area contributed by atoms with Gasteiger partial charge in [-0.3, -0.25) is 10.1 Å². The van der Waals surface area contributed by atoms with Crippen molar-refractivity contribution in [3.63, 3.8) is 0 Å². The zero-order chi connectivity index (χ0) is 22.8. The summed E-state index contributed by atoms with van der Waals surface area (Å²) in [5.74, 6) is -3.27. The van der Waals surface area contributed by atoms with E-state index >= 15 is 0 Å². The summed E-state index contributed by atoms with van der Waals surface area (Å²) in [5.41, 5.74) is -0.194. The lowest BCUT2D eigenvalue weighted by atomic mass is 10.2. The first kappa shape index (κ1) is 22.3. The largest absolute Gasteiger partial charge is 0.450 e. The van der Waals surface area contributed by atoms with E-state index in [1.165, 1.54) is 18.5 Å². The van der Waals surface area contributed by atoms with Crippen LogP contribution in [0.5, 0.6) is 11.5 Å². The fraction of sp³-hybridized carbons (Fsp3) is 0.300. The van der Waals surface area contributed by atoms with Gasteiger partial charge in [-0.15, -0.1) is 0 Å². The van der Waals surface area contributed by atoms with Crippen LogP contribution in [0.25, 0.3) is 11.0 Å². The first-order valence-corrected chi connectivity index (χ1v) is 13.1. The van der Waals surface area contributed by atoms with Crippen molar-refractivity contribution in [1.29, 1.82) is 5.26 Å². The summed E-state index contributed by atoms with van der Waals surface area (Å²) >= 11 is 0. The molecule has 162 valence electrons. The molecule has 0 saturated heterocycles. The van der Waals surface area contributed by atoms with Gasteiger partial charge in [0.25, 0.3) is 5.69 Å². The number of fused-ring (bicyclic) bond motifs is 1. The van der Waals surface area contributed by atoms with Crippen LogP contribution in [0.4, 0.5) is 14.5 Å². The highest BCUT2D eigenvalue weighted by atomic mass is 28.3. The van der Waals surface area contributed by atoms with E-state index in [0.29, 0.717) is 24.4 Å². The predicted molar refractivity (Wildman–Crippen MR) is 112 cm³/mol. The number of nitro groups is 1. The highest BCUT2D eigenvalue weighted by Gasteiger charge is 2.22. The number of aromatic nitrogens is 2. The fourth-order valence-corrected chi connectivity index (χ4v) is 3.61. The third-order valence-electron chi connectivity index (χ3n) is 4.47. The monoisotopic (exact) mass is 446 g/mol. The van der Waals surface area contributed by atoms with Gasteiger partial charge in [0.05, 0.1) is 28.0 Å². The van der Waals surface area contributed by atoms with E-state index in [4.69, 9.17) is 9.47 Å². The van der Waals surface area contributed by atoms with Crippen LogP contribution in [0.15, 0.2) is 30.6 Å². The topological polar surface area (TPSA) is 103 Å². The molecule has 0 amide bonds. The lowest BCUT2D eigenvalue weighted by Crippen LogP contribution is -2.22. The minimum Gasteiger partial charge on any atom is -0.450 e. The van der Waals surface area contributed by atoms with Gasteiger partial charge in [-0.25, -0.2) is 13.8 Å². The summed E-state index contributed by atoms with van der Waals surface area (Å²) in [6, 6.07) is 5.49. The Bertz CT molecular complexity index is 1160. The van der Waals surface area contributed by atoms with Gasteiger partial charge < -0.3 is 14.0 Å². The smallest absolute Gasteiger partial charge is 0.275 e. The molecular weight excluding hydrogens is 426 g/mol. The average Bonchev–Trinajstić information content (AvgIpc) is 3.06. The summed E-state index contributed by atoms with van der Waals surface area (Å²) in [5, 5.41) is 20.6. The minimum absolute atomic E-state index is 0.00551. The van der Waals surface area contributed by atoms with Crippen LogP contribution in [0, 0.1) is 33.1 Å². The molecule has 2 heterocycles. The van der Waals surface area contributed by atoms with Crippen molar-refractivity contribution >= 4 is 24.8 Å². The van der Waals surface area contributed by atoms with Gasteiger partial charge in [0.2, 0.25) is 0 Å². The van der Waals surface area contributed by atoms with Crippen LogP contribution >= 0.6 is 0 Å².